The zero-order valence-corrected chi connectivity index (χ0v) is 13.7. The van der Waals surface area contributed by atoms with Gasteiger partial charge in [0, 0.05) is 37.5 Å². The maximum absolute atomic E-state index is 11.8. The molecule has 0 aliphatic carbocycles. The van der Waals surface area contributed by atoms with Gasteiger partial charge in [0.15, 0.2) is 5.13 Å². The van der Waals surface area contributed by atoms with Gasteiger partial charge in [-0.25, -0.2) is 4.98 Å². The largest absolute Gasteiger partial charge is 0.373 e. The van der Waals surface area contributed by atoms with Crippen LogP contribution in [0.4, 0.5) is 5.13 Å². The van der Waals surface area contributed by atoms with E-state index in [4.69, 9.17) is 10.5 Å². The van der Waals surface area contributed by atoms with Crippen LogP contribution in [0.2, 0.25) is 0 Å². The first-order valence-electron chi connectivity index (χ1n) is 7.31. The van der Waals surface area contributed by atoms with E-state index in [2.05, 4.69) is 29.0 Å². The van der Waals surface area contributed by atoms with Gasteiger partial charge in [-0.3, -0.25) is 9.69 Å². The molecule has 118 valence electrons. The van der Waals surface area contributed by atoms with Crippen molar-refractivity contribution in [1.82, 2.24) is 9.88 Å². The molecule has 0 spiro atoms. The maximum atomic E-state index is 11.8. The molecule has 7 heteroatoms. The number of carbonyl (C=O) groups excluding carboxylic acids is 1. The molecule has 1 fully saturated rings. The zero-order chi connectivity index (χ0) is 15.4. The van der Waals surface area contributed by atoms with Gasteiger partial charge in [-0.15, -0.1) is 11.3 Å². The van der Waals surface area contributed by atoms with Gasteiger partial charge in [0.1, 0.15) is 0 Å². The molecule has 2 rings (SSSR count). The minimum absolute atomic E-state index is 0.0768. The molecule has 0 aromatic carbocycles. The van der Waals surface area contributed by atoms with Crippen LogP contribution in [0.3, 0.4) is 0 Å². The number of amides is 1. The van der Waals surface area contributed by atoms with Crippen molar-refractivity contribution in [2.24, 2.45) is 11.7 Å². The van der Waals surface area contributed by atoms with E-state index < -0.39 is 0 Å². The van der Waals surface area contributed by atoms with Gasteiger partial charge in [-0.1, -0.05) is 6.92 Å². The molecule has 1 aliphatic heterocycles. The van der Waals surface area contributed by atoms with E-state index in [0.717, 1.165) is 25.3 Å². The van der Waals surface area contributed by atoms with E-state index in [9.17, 15) is 4.79 Å². The molecule has 1 aliphatic rings. The molecule has 0 radical (unpaired) electrons. The van der Waals surface area contributed by atoms with Crippen LogP contribution in [-0.4, -0.2) is 47.6 Å². The lowest BCUT2D eigenvalue weighted by atomic mass is 10.2. The summed E-state index contributed by atoms with van der Waals surface area (Å²) in [6.45, 7) is 8.93. The molecule has 0 bridgehead atoms. The Kier molecular flexibility index (Phi) is 5.69. The summed E-state index contributed by atoms with van der Waals surface area (Å²) in [5, 5.41) is 5.45. The molecule has 3 atom stereocenters. The van der Waals surface area contributed by atoms with Crippen LogP contribution < -0.4 is 11.1 Å². The van der Waals surface area contributed by atoms with Crippen LogP contribution in [0, 0.1) is 5.92 Å². The predicted molar refractivity (Wildman–Crippen MR) is 84.2 cm³/mol. The van der Waals surface area contributed by atoms with Crippen molar-refractivity contribution in [1.29, 1.82) is 0 Å². The monoisotopic (exact) mass is 312 g/mol. The van der Waals surface area contributed by atoms with E-state index in [-0.39, 0.29) is 24.0 Å². The maximum Gasteiger partial charge on any atom is 0.230 e. The number of ether oxygens (including phenoxy) is 1. The van der Waals surface area contributed by atoms with Crippen molar-refractivity contribution in [2.45, 2.75) is 39.5 Å². The van der Waals surface area contributed by atoms with Gasteiger partial charge in [-0.05, 0) is 13.8 Å². The van der Waals surface area contributed by atoms with Crippen LogP contribution in [0.1, 0.15) is 26.5 Å². The van der Waals surface area contributed by atoms with Crippen LogP contribution in [-0.2, 0) is 16.1 Å². The Hall–Kier alpha value is -1.02. The molecule has 0 saturated carbocycles. The Morgan fingerprint density at radius 2 is 2.24 bits per heavy atom. The Morgan fingerprint density at radius 3 is 2.86 bits per heavy atom. The third kappa shape index (κ3) is 4.74. The second-order valence-electron chi connectivity index (χ2n) is 5.72. The highest BCUT2D eigenvalue weighted by Crippen LogP contribution is 2.19. The van der Waals surface area contributed by atoms with Crippen molar-refractivity contribution in [3.8, 4) is 0 Å². The summed E-state index contributed by atoms with van der Waals surface area (Å²) in [7, 11) is 0. The quantitative estimate of drug-likeness (QED) is 0.856. The second-order valence-corrected chi connectivity index (χ2v) is 6.58. The lowest BCUT2D eigenvalue weighted by Crippen LogP contribution is -2.44. The van der Waals surface area contributed by atoms with Gasteiger partial charge in [0.2, 0.25) is 5.91 Å². The molecule has 2 heterocycles. The smallest absolute Gasteiger partial charge is 0.230 e. The lowest BCUT2D eigenvalue weighted by Gasteiger charge is -2.34. The van der Waals surface area contributed by atoms with Crippen LogP contribution >= 0.6 is 11.3 Å². The van der Waals surface area contributed by atoms with Crippen molar-refractivity contribution < 1.29 is 9.53 Å². The molecule has 1 aromatic heterocycles. The highest BCUT2D eigenvalue weighted by atomic mass is 32.1. The number of nitrogens with two attached hydrogens (primary N) is 1. The number of nitrogens with one attached hydrogen (secondary N) is 1. The summed E-state index contributed by atoms with van der Waals surface area (Å²) in [6.07, 6.45) is 0.494. The topological polar surface area (TPSA) is 80.5 Å². The Morgan fingerprint density at radius 1 is 1.57 bits per heavy atom. The van der Waals surface area contributed by atoms with E-state index in [1.165, 1.54) is 11.3 Å². The summed E-state index contributed by atoms with van der Waals surface area (Å²) >= 11 is 1.45. The number of thiazole rings is 1. The molecule has 3 N–H and O–H groups in total. The fourth-order valence-electron chi connectivity index (χ4n) is 2.42. The number of carbonyl (C=O) groups is 1. The molecular weight excluding hydrogens is 288 g/mol. The summed E-state index contributed by atoms with van der Waals surface area (Å²) in [5.41, 5.74) is 6.47. The average molecular weight is 312 g/mol. The second kappa shape index (κ2) is 7.31. The molecule has 21 heavy (non-hydrogen) atoms. The van der Waals surface area contributed by atoms with Crippen LogP contribution in [0.5, 0.6) is 0 Å². The molecule has 1 saturated heterocycles. The summed E-state index contributed by atoms with van der Waals surface area (Å²) < 4.78 is 5.72. The number of hydrogen-bond donors (Lipinski definition) is 2. The van der Waals surface area contributed by atoms with Gasteiger partial charge in [0.25, 0.3) is 0 Å². The van der Waals surface area contributed by atoms with Crippen LogP contribution in [0.25, 0.3) is 0 Å². The first-order valence-corrected chi connectivity index (χ1v) is 8.19. The van der Waals surface area contributed by atoms with E-state index in [1.54, 1.807) is 6.92 Å². The zero-order valence-electron chi connectivity index (χ0n) is 12.8. The molecule has 1 aromatic rings. The lowest BCUT2D eigenvalue weighted by molar-refractivity contribution is -0.119. The summed E-state index contributed by atoms with van der Waals surface area (Å²) in [4.78, 5) is 18.6. The Labute approximate surface area is 129 Å². The molecule has 6 nitrogen and oxygen atoms in total. The third-order valence-electron chi connectivity index (χ3n) is 3.46. The highest BCUT2D eigenvalue weighted by Gasteiger charge is 2.23. The van der Waals surface area contributed by atoms with Gasteiger partial charge >= 0.3 is 0 Å². The van der Waals surface area contributed by atoms with Crippen molar-refractivity contribution in [3.63, 3.8) is 0 Å². The first-order chi connectivity index (χ1) is 9.97. The number of anilines is 1. The number of nitrogens with zero attached hydrogens (tertiary/aromatic N) is 2. The average Bonchev–Trinajstić information content (AvgIpc) is 2.83. The molecule has 1 amide bonds. The number of aromatic nitrogens is 1. The minimum Gasteiger partial charge on any atom is -0.373 e. The number of morpholine rings is 1. The van der Waals surface area contributed by atoms with E-state index in [1.807, 2.05) is 5.38 Å². The standard InChI is InChI=1S/C14H24N4O2S/c1-9(4-15)13(19)17-14-16-12(8-21-14)7-18-5-10(2)20-11(3)6-18/h8-11H,4-7,15H2,1-3H3,(H,16,17,19). The van der Waals surface area contributed by atoms with Crippen molar-refractivity contribution in [2.75, 3.05) is 25.0 Å². The minimum atomic E-state index is -0.196. The van der Waals surface area contributed by atoms with Crippen molar-refractivity contribution in [3.05, 3.63) is 11.1 Å². The van der Waals surface area contributed by atoms with Gasteiger partial charge < -0.3 is 15.8 Å². The molecule has 3 unspecified atom stereocenters. The normalized spacial score (nSPS) is 24.8. The Balaban J connectivity index is 1.89. The summed E-state index contributed by atoms with van der Waals surface area (Å²) in [6, 6.07) is 0. The fourth-order valence-corrected chi connectivity index (χ4v) is 3.12. The predicted octanol–water partition coefficient (Wildman–Crippen LogP) is 1.29. The first kappa shape index (κ1) is 16.4. The Bertz CT molecular complexity index is 469. The van der Waals surface area contributed by atoms with Gasteiger partial charge in [0.05, 0.1) is 17.9 Å². The van der Waals surface area contributed by atoms with Gasteiger partial charge in [-0.2, -0.15) is 0 Å². The van der Waals surface area contributed by atoms with E-state index in [0.29, 0.717) is 11.7 Å². The molecular formula is C14H24N4O2S. The summed E-state index contributed by atoms with van der Waals surface area (Å²) in [5.74, 6) is -0.273. The highest BCUT2D eigenvalue weighted by molar-refractivity contribution is 7.13. The van der Waals surface area contributed by atoms with Crippen LogP contribution in [0.15, 0.2) is 5.38 Å². The van der Waals surface area contributed by atoms with E-state index >= 15 is 0 Å². The third-order valence-corrected chi connectivity index (χ3v) is 4.27. The fraction of sp³-hybridized carbons (Fsp3) is 0.714. The SMILES string of the molecule is CC1CN(Cc2csc(NC(=O)C(C)CN)n2)CC(C)O1. The number of hydrogen-bond acceptors (Lipinski definition) is 6. The van der Waals surface area contributed by atoms with Crippen molar-refractivity contribution >= 4 is 22.4 Å². The number of rotatable bonds is 5.